The molecule has 31 heavy (non-hydrogen) atoms. The summed E-state index contributed by atoms with van der Waals surface area (Å²) >= 11 is 0. The van der Waals surface area contributed by atoms with E-state index in [0.717, 1.165) is 16.9 Å². The van der Waals surface area contributed by atoms with Crippen LogP contribution in [0.3, 0.4) is 0 Å². The van der Waals surface area contributed by atoms with Crippen LogP contribution >= 0.6 is 0 Å². The fraction of sp³-hybridized carbons (Fsp3) is 0.208. The number of aryl methyl sites for hydroxylation is 1. The predicted molar refractivity (Wildman–Crippen MR) is 121 cm³/mol. The van der Waals surface area contributed by atoms with Gasteiger partial charge in [0.25, 0.3) is 0 Å². The van der Waals surface area contributed by atoms with Gasteiger partial charge in [0.15, 0.2) is 0 Å². The molecule has 7 heteroatoms. The summed E-state index contributed by atoms with van der Waals surface area (Å²) in [4.78, 5) is 12.4. The van der Waals surface area contributed by atoms with Gasteiger partial charge in [0.05, 0.1) is 12.0 Å². The molecule has 3 rings (SSSR count). The number of ether oxygens (including phenoxy) is 1. The molecule has 0 aliphatic carbocycles. The van der Waals surface area contributed by atoms with Crippen molar-refractivity contribution in [2.45, 2.75) is 24.3 Å². The summed E-state index contributed by atoms with van der Waals surface area (Å²) < 4.78 is 32.0. The SMILES string of the molecule is COc1ccc(CCC(=O)Nc2ccc(S(=O)(=O)N(C)Cc3ccccc3)cc2)cc1. The van der Waals surface area contributed by atoms with Gasteiger partial charge in [0.2, 0.25) is 15.9 Å². The molecule has 3 aromatic carbocycles. The van der Waals surface area contributed by atoms with Gasteiger partial charge in [-0.25, -0.2) is 8.42 Å². The molecule has 0 aliphatic rings. The number of nitrogens with zero attached hydrogens (tertiary/aromatic N) is 1. The number of anilines is 1. The van der Waals surface area contributed by atoms with E-state index in [2.05, 4.69) is 5.32 Å². The minimum Gasteiger partial charge on any atom is -0.497 e. The summed E-state index contributed by atoms with van der Waals surface area (Å²) in [6, 6.07) is 23.2. The zero-order valence-electron chi connectivity index (χ0n) is 17.6. The van der Waals surface area contributed by atoms with E-state index in [0.29, 0.717) is 18.5 Å². The van der Waals surface area contributed by atoms with E-state index in [1.807, 2.05) is 54.6 Å². The van der Waals surface area contributed by atoms with Crippen molar-refractivity contribution in [1.82, 2.24) is 4.31 Å². The lowest BCUT2D eigenvalue weighted by Crippen LogP contribution is -2.26. The van der Waals surface area contributed by atoms with Crippen LogP contribution in [0.15, 0.2) is 83.8 Å². The van der Waals surface area contributed by atoms with E-state index in [9.17, 15) is 13.2 Å². The Bertz CT molecular complexity index is 1100. The highest BCUT2D eigenvalue weighted by Crippen LogP contribution is 2.20. The molecule has 0 aromatic heterocycles. The third-order valence-electron chi connectivity index (χ3n) is 4.89. The molecule has 0 unspecified atom stereocenters. The van der Waals surface area contributed by atoms with Gasteiger partial charge in [-0.1, -0.05) is 42.5 Å². The predicted octanol–water partition coefficient (Wildman–Crippen LogP) is 4.09. The van der Waals surface area contributed by atoms with E-state index in [1.165, 1.54) is 16.4 Å². The monoisotopic (exact) mass is 438 g/mol. The number of benzene rings is 3. The first-order valence-electron chi connectivity index (χ1n) is 9.91. The first-order chi connectivity index (χ1) is 14.9. The summed E-state index contributed by atoms with van der Waals surface area (Å²) in [5, 5.41) is 2.81. The van der Waals surface area contributed by atoms with Crippen molar-refractivity contribution >= 4 is 21.6 Å². The number of carbonyl (C=O) groups excluding carboxylic acids is 1. The number of carbonyl (C=O) groups is 1. The van der Waals surface area contributed by atoms with Crippen LogP contribution in [0.5, 0.6) is 5.75 Å². The Labute approximate surface area is 183 Å². The third-order valence-corrected chi connectivity index (χ3v) is 6.71. The Kier molecular flexibility index (Phi) is 7.44. The van der Waals surface area contributed by atoms with Crippen LogP contribution in [0.2, 0.25) is 0 Å². The highest BCUT2D eigenvalue weighted by atomic mass is 32.2. The molecule has 0 fully saturated rings. The van der Waals surface area contributed by atoms with Gasteiger partial charge in [-0.05, 0) is 53.9 Å². The molecular formula is C24H26N2O4S. The molecule has 0 saturated carbocycles. The number of rotatable bonds is 9. The second-order valence-electron chi connectivity index (χ2n) is 7.17. The quantitative estimate of drug-likeness (QED) is 0.546. The van der Waals surface area contributed by atoms with E-state index in [-0.39, 0.29) is 17.3 Å². The van der Waals surface area contributed by atoms with Crippen LogP contribution in [0, 0.1) is 0 Å². The fourth-order valence-electron chi connectivity index (χ4n) is 3.09. The third kappa shape index (κ3) is 6.16. The summed E-state index contributed by atoms with van der Waals surface area (Å²) in [5.74, 6) is 0.644. The summed E-state index contributed by atoms with van der Waals surface area (Å²) in [5.41, 5.74) is 2.51. The highest BCUT2D eigenvalue weighted by molar-refractivity contribution is 7.89. The lowest BCUT2D eigenvalue weighted by molar-refractivity contribution is -0.116. The van der Waals surface area contributed by atoms with Crippen LogP contribution in [0.25, 0.3) is 0 Å². The largest absolute Gasteiger partial charge is 0.497 e. The second kappa shape index (κ2) is 10.2. The molecular weight excluding hydrogens is 412 g/mol. The fourth-order valence-corrected chi connectivity index (χ4v) is 4.25. The van der Waals surface area contributed by atoms with Crippen molar-refractivity contribution in [2.24, 2.45) is 0 Å². The van der Waals surface area contributed by atoms with Crippen LogP contribution < -0.4 is 10.1 Å². The summed E-state index contributed by atoms with van der Waals surface area (Å²) in [7, 11) is -0.460. The maximum atomic E-state index is 12.8. The zero-order valence-corrected chi connectivity index (χ0v) is 18.4. The molecule has 0 spiro atoms. The number of hydrogen-bond donors (Lipinski definition) is 1. The van der Waals surface area contributed by atoms with Gasteiger partial charge in [0.1, 0.15) is 5.75 Å². The number of sulfonamides is 1. The average Bonchev–Trinajstić information content (AvgIpc) is 2.79. The topological polar surface area (TPSA) is 75.7 Å². The smallest absolute Gasteiger partial charge is 0.243 e. The number of amides is 1. The second-order valence-corrected chi connectivity index (χ2v) is 9.21. The van der Waals surface area contributed by atoms with Gasteiger partial charge in [-0.3, -0.25) is 4.79 Å². The average molecular weight is 439 g/mol. The molecule has 0 bridgehead atoms. The Morgan fingerprint density at radius 1 is 0.903 bits per heavy atom. The van der Waals surface area contributed by atoms with E-state index >= 15 is 0 Å². The van der Waals surface area contributed by atoms with Crippen LogP contribution in [-0.4, -0.2) is 32.8 Å². The van der Waals surface area contributed by atoms with Crippen molar-refractivity contribution in [2.75, 3.05) is 19.5 Å². The maximum absolute atomic E-state index is 12.8. The normalized spacial score (nSPS) is 11.3. The van der Waals surface area contributed by atoms with Gasteiger partial charge < -0.3 is 10.1 Å². The summed E-state index contributed by atoms with van der Waals surface area (Å²) in [6.07, 6.45) is 0.929. The molecule has 0 saturated heterocycles. The van der Waals surface area contributed by atoms with Gasteiger partial charge >= 0.3 is 0 Å². The van der Waals surface area contributed by atoms with Crippen molar-refractivity contribution < 1.29 is 17.9 Å². The molecule has 6 nitrogen and oxygen atoms in total. The Hall–Kier alpha value is -3.16. The molecule has 0 aliphatic heterocycles. The van der Waals surface area contributed by atoms with Crippen LogP contribution in [-0.2, 0) is 27.8 Å². The van der Waals surface area contributed by atoms with Gasteiger partial charge in [-0.2, -0.15) is 4.31 Å². The molecule has 0 radical (unpaired) electrons. The maximum Gasteiger partial charge on any atom is 0.243 e. The van der Waals surface area contributed by atoms with Crippen molar-refractivity contribution in [3.05, 3.63) is 90.0 Å². The number of hydrogen-bond acceptors (Lipinski definition) is 4. The van der Waals surface area contributed by atoms with E-state index in [4.69, 9.17) is 4.74 Å². The number of methoxy groups -OCH3 is 1. The van der Waals surface area contributed by atoms with Crippen molar-refractivity contribution in [3.63, 3.8) is 0 Å². The lowest BCUT2D eigenvalue weighted by atomic mass is 10.1. The highest BCUT2D eigenvalue weighted by Gasteiger charge is 2.20. The van der Waals surface area contributed by atoms with Gasteiger partial charge in [-0.15, -0.1) is 0 Å². The first kappa shape index (κ1) is 22.5. The minimum absolute atomic E-state index is 0.132. The van der Waals surface area contributed by atoms with Crippen LogP contribution in [0.4, 0.5) is 5.69 Å². The Balaban J connectivity index is 1.56. The Morgan fingerprint density at radius 3 is 2.16 bits per heavy atom. The molecule has 3 aromatic rings. The standard InChI is InChI=1S/C24H26N2O4S/c1-26(18-20-6-4-3-5-7-20)31(28,29)23-15-11-21(12-16-23)25-24(27)17-10-19-8-13-22(30-2)14-9-19/h3-9,11-16H,10,17-18H2,1-2H3,(H,25,27). The van der Waals surface area contributed by atoms with E-state index < -0.39 is 10.0 Å². The zero-order chi connectivity index (χ0) is 22.3. The summed E-state index contributed by atoms with van der Waals surface area (Å²) in [6.45, 7) is 0.285. The molecule has 0 atom stereocenters. The van der Waals surface area contributed by atoms with Crippen molar-refractivity contribution in [3.8, 4) is 5.75 Å². The Morgan fingerprint density at radius 2 is 1.55 bits per heavy atom. The molecule has 1 N–H and O–H groups in total. The lowest BCUT2D eigenvalue weighted by Gasteiger charge is -2.17. The van der Waals surface area contributed by atoms with Crippen molar-refractivity contribution in [1.29, 1.82) is 0 Å². The minimum atomic E-state index is -3.62. The van der Waals surface area contributed by atoms with Gasteiger partial charge in [0, 0.05) is 25.7 Å². The van der Waals surface area contributed by atoms with E-state index in [1.54, 1.807) is 26.3 Å². The van der Waals surface area contributed by atoms with Crippen LogP contribution in [0.1, 0.15) is 17.5 Å². The molecule has 0 heterocycles. The number of nitrogens with one attached hydrogen (secondary N) is 1. The molecule has 1 amide bonds. The molecule has 162 valence electrons. The first-order valence-corrected chi connectivity index (χ1v) is 11.4.